The largest absolute Gasteiger partial charge is 0.508 e. The van der Waals surface area contributed by atoms with Gasteiger partial charge in [0.25, 0.3) is 0 Å². The van der Waals surface area contributed by atoms with E-state index in [4.69, 9.17) is 4.74 Å². The fraction of sp³-hybridized carbons (Fsp3) is 0. The van der Waals surface area contributed by atoms with Crippen LogP contribution in [0.5, 0.6) is 23.0 Å². The van der Waals surface area contributed by atoms with Crippen molar-refractivity contribution in [1.29, 1.82) is 0 Å². The van der Waals surface area contributed by atoms with Crippen LogP contribution in [0, 0.1) is 0 Å². The minimum absolute atomic E-state index is 0.0591. The van der Waals surface area contributed by atoms with E-state index in [-0.39, 0.29) is 17.3 Å². The number of allylic oxidation sites excluding steroid dienone is 1. The Hall–Kier alpha value is -3.53. The molecule has 4 nitrogen and oxygen atoms in total. The number of carbonyl (C=O) groups excluding carboxylic acids is 1. The van der Waals surface area contributed by atoms with E-state index in [2.05, 4.69) is 0 Å². The number of rotatable bonds is 5. The standard InChI is InChI=1S/C21H16O4/c22-17-12-18(23)14-20(13-17)25-19-9-6-15(7-10-19)8-11-21(24)16-4-2-1-3-5-16/h1-14,22-23H. The molecule has 3 aromatic rings. The number of ketones is 1. The van der Waals surface area contributed by atoms with Crippen molar-refractivity contribution in [2.45, 2.75) is 0 Å². The molecule has 3 rings (SSSR count). The monoisotopic (exact) mass is 332 g/mol. The number of ether oxygens (including phenoxy) is 1. The van der Waals surface area contributed by atoms with Gasteiger partial charge in [-0.3, -0.25) is 4.79 Å². The summed E-state index contributed by atoms with van der Waals surface area (Å²) >= 11 is 0. The molecule has 0 saturated carbocycles. The van der Waals surface area contributed by atoms with Gasteiger partial charge in [-0.05, 0) is 23.8 Å². The van der Waals surface area contributed by atoms with Crippen molar-refractivity contribution >= 4 is 11.9 Å². The second-order valence-electron chi connectivity index (χ2n) is 5.42. The van der Waals surface area contributed by atoms with Gasteiger partial charge >= 0.3 is 0 Å². The number of phenols is 2. The molecule has 4 heteroatoms. The lowest BCUT2D eigenvalue weighted by Crippen LogP contribution is -1.92. The second kappa shape index (κ2) is 7.36. The molecule has 0 fully saturated rings. The first-order valence-corrected chi connectivity index (χ1v) is 7.68. The fourth-order valence-electron chi connectivity index (χ4n) is 2.28. The summed E-state index contributed by atoms with van der Waals surface area (Å²) in [4.78, 5) is 12.0. The van der Waals surface area contributed by atoms with Crippen LogP contribution in [0.4, 0.5) is 0 Å². The molecule has 0 heterocycles. The molecule has 25 heavy (non-hydrogen) atoms. The Balaban J connectivity index is 1.68. The zero-order chi connectivity index (χ0) is 17.6. The molecule has 0 aromatic heterocycles. The van der Waals surface area contributed by atoms with Crippen LogP contribution in [-0.4, -0.2) is 16.0 Å². The van der Waals surface area contributed by atoms with Crippen LogP contribution in [0.25, 0.3) is 6.08 Å². The molecular weight excluding hydrogens is 316 g/mol. The topological polar surface area (TPSA) is 66.8 Å². The summed E-state index contributed by atoms with van der Waals surface area (Å²) in [6.45, 7) is 0. The van der Waals surface area contributed by atoms with Gasteiger partial charge in [0.2, 0.25) is 0 Å². The number of aromatic hydroxyl groups is 2. The molecule has 0 radical (unpaired) electrons. The molecule has 3 aromatic carbocycles. The molecule has 0 aliphatic heterocycles. The molecule has 0 spiro atoms. The van der Waals surface area contributed by atoms with Crippen LogP contribution in [0.1, 0.15) is 15.9 Å². The zero-order valence-corrected chi connectivity index (χ0v) is 13.3. The van der Waals surface area contributed by atoms with Crippen molar-refractivity contribution in [2.24, 2.45) is 0 Å². The predicted molar refractivity (Wildman–Crippen MR) is 96.1 cm³/mol. The van der Waals surface area contributed by atoms with E-state index in [0.717, 1.165) is 5.56 Å². The average Bonchev–Trinajstić information content (AvgIpc) is 2.61. The number of benzene rings is 3. The molecule has 0 saturated heterocycles. The van der Waals surface area contributed by atoms with E-state index >= 15 is 0 Å². The molecule has 0 amide bonds. The van der Waals surface area contributed by atoms with E-state index in [1.807, 2.05) is 30.3 Å². The van der Waals surface area contributed by atoms with Crippen LogP contribution >= 0.6 is 0 Å². The summed E-state index contributed by atoms with van der Waals surface area (Å²) < 4.78 is 5.58. The normalized spacial score (nSPS) is 10.7. The quantitative estimate of drug-likeness (QED) is 0.521. The van der Waals surface area contributed by atoms with E-state index in [1.165, 1.54) is 24.3 Å². The highest BCUT2D eigenvalue weighted by Gasteiger charge is 2.03. The Kier molecular flexibility index (Phi) is 4.81. The smallest absolute Gasteiger partial charge is 0.185 e. The number of phenolic OH excluding ortho intramolecular Hbond substituents is 2. The SMILES string of the molecule is O=C(C=Cc1ccc(Oc2cc(O)cc(O)c2)cc1)c1ccccc1. The zero-order valence-electron chi connectivity index (χ0n) is 13.3. The third kappa shape index (κ3) is 4.48. The highest BCUT2D eigenvalue weighted by atomic mass is 16.5. The number of hydrogen-bond acceptors (Lipinski definition) is 4. The molecule has 0 atom stereocenters. The Morgan fingerprint density at radius 1 is 0.800 bits per heavy atom. The fourth-order valence-corrected chi connectivity index (χ4v) is 2.28. The van der Waals surface area contributed by atoms with Crippen molar-refractivity contribution in [3.8, 4) is 23.0 Å². The van der Waals surface area contributed by atoms with E-state index in [9.17, 15) is 15.0 Å². The van der Waals surface area contributed by atoms with E-state index < -0.39 is 0 Å². The van der Waals surface area contributed by atoms with E-state index in [1.54, 1.807) is 30.3 Å². The van der Waals surface area contributed by atoms with Gasteiger partial charge in [-0.25, -0.2) is 0 Å². The Bertz CT molecular complexity index is 877. The molecular formula is C21H16O4. The summed E-state index contributed by atoms with van der Waals surface area (Å²) in [5.74, 6) is 0.677. The number of carbonyl (C=O) groups is 1. The van der Waals surface area contributed by atoms with Gasteiger partial charge in [-0.15, -0.1) is 0 Å². The maximum absolute atomic E-state index is 12.0. The summed E-state index contributed by atoms with van der Waals surface area (Å²) in [7, 11) is 0. The van der Waals surface area contributed by atoms with Crippen LogP contribution in [0.3, 0.4) is 0 Å². The Morgan fingerprint density at radius 2 is 1.44 bits per heavy atom. The lowest BCUT2D eigenvalue weighted by Gasteiger charge is -2.07. The third-order valence-corrected chi connectivity index (χ3v) is 3.48. The first-order chi connectivity index (χ1) is 12.1. The lowest BCUT2D eigenvalue weighted by atomic mass is 10.1. The van der Waals surface area contributed by atoms with Crippen molar-refractivity contribution in [3.63, 3.8) is 0 Å². The highest BCUT2D eigenvalue weighted by Crippen LogP contribution is 2.29. The average molecular weight is 332 g/mol. The van der Waals surface area contributed by atoms with Gasteiger partial charge in [-0.2, -0.15) is 0 Å². The molecule has 0 aliphatic rings. The molecule has 0 unspecified atom stereocenters. The minimum Gasteiger partial charge on any atom is -0.508 e. The Morgan fingerprint density at radius 3 is 2.08 bits per heavy atom. The lowest BCUT2D eigenvalue weighted by molar-refractivity contribution is 0.104. The van der Waals surface area contributed by atoms with Gasteiger partial charge in [0.15, 0.2) is 5.78 Å². The first kappa shape index (κ1) is 16.3. The molecule has 0 bridgehead atoms. The highest BCUT2D eigenvalue weighted by molar-refractivity contribution is 6.06. The van der Waals surface area contributed by atoms with Crippen LogP contribution in [0.2, 0.25) is 0 Å². The number of hydrogen-bond donors (Lipinski definition) is 2. The Labute approximate surface area is 145 Å². The van der Waals surface area contributed by atoms with Gasteiger partial charge in [-0.1, -0.05) is 48.5 Å². The molecule has 124 valence electrons. The summed E-state index contributed by atoms with van der Waals surface area (Å²) in [5.41, 5.74) is 1.50. The summed E-state index contributed by atoms with van der Waals surface area (Å²) in [5, 5.41) is 18.9. The van der Waals surface area contributed by atoms with Crippen LogP contribution in [0.15, 0.2) is 78.9 Å². The third-order valence-electron chi connectivity index (χ3n) is 3.48. The van der Waals surface area contributed by atoms with Gasteiger partial charge < -0.3 is 14.9 Å². The maximum atomic E-state index is 12.0. The second-order valence-corrected chi connectivity index (χ2v) is 5.42. The summed E-state index contributed by atoms with van der Waals surface area (Å²) in [6, 6.07) is 20.2. The minimum atomic E-state index is -0.0750. The van der Waals surface area contributed by atoms with Gasteiger partial charge in [0.1, 0.15) is 23.0 Å². The van der Waals surface area contributed by atoms with Crippen molar-refractivity contribution in [2.75, 3.05) is 0 Å². The predicted octanol–water partition coefficient (Wildman–Crippen LogP) is 4.79. The molecule has 0 aliphatic carbocycles. The van der Waals surface area contributed by atoms with Gasteiger partial charge in [0.05, 0.1) is 0 Å². The van der Waals surface area contributed by atoms with E-state index in [0.29, 0.717) is 17.1 Å². The van der Waals surface area contributed by atoms with Gasteiger partial charge in [0, 0.05) is 23.8 Å². The van der Waals surface area contributed by atoms with Crippen LogP contribution < -0.4 is 4.74 Å². The maximum Gasteiger partial charge on any atom is 0.185 e. The van der Waals surface area contributed by atoms with Crippen molar-refractivity contribution in [1.82, 2.24) is 0 Å². The molecule has 2 N–H and O–H groups in total. The van der Waals surface area contributed by atoms with Crippen molar-refractivity contribution < 1.29 is 19.7 Å². The van der Waals surface area contributed by atoms with Crippen LogP contribution in [-0.2, 0) is 0 Å². The summed E-state index contributed by atoms with van der Waals surface area (Å²) in [6.07, 6.45) is 3.26. The first-order valence-electron chi connectivity index (χ1n) is 7.68. The van der Waals surface area contributed by atoms with Crippen molar-refractivity contribution in [3.05, 3.63) is 90.0 Å².